The maximum absolute atomic E-state index is 13.2. The molecule has 5 rings (SSSR count). The van der Waals surface area contributed by atoms with E-state index in [0.717, 1.165) is 79.1 Å². The van der Waals surface area contributed by atoms with Gasteiger partial charge in [-0.05, 0) is 93.5 Å². The van der Waals surface area contributed by atoms with E-state index in [1.54, 1.807) is 0 Å². The molecule has 9 heteroatoms. The van der Waals surface area contributed by atoms with Gasteiger partial charge in [0.05, 0.1) is 31.4 Å². The Morgan fingerprint density at radius 3 is 2.24 bits per heavy atom. The lowest BCUT2D eigenvalue weighted by atomic mass is 9.83. The summed E-state index contributed by atoms with van der Waals surface area (Å²) in [4.78, 5) is 36.4. The quantitative estimate of drug-likeness (QED) is 0.300. The molecule has 1 fully saturated rings. The van der Waals surface area contributed by atoms with Crippen LogP contribution in [0.2, 0.25) is 0 Å². The summed E-state index contributed by atoms with van der Waals surface area (Å²) in [6.45, 7) is 14.3. The summed E-state index contributed by atoms with van der Waals surface area (Å²) in [7, 11) is 2.80. The Hall–Kier alpha value is -4.71. The van der Waals surface area contributed by atoms with Gasteiger partial charge in [-0.25, -0.2) is 0 Å². The largest absolute Gasteiger partial charge is 0.469 e. The molecule has 8 bridgehead atoms. The topological polar surface area (TPSA) is 136 Å². The van der Waals surface area contributed by atoms with Gasteiger partial charge in [-0.15, -0.1) is 0 Å². The first-order valence-electron chi connectivity index (χ1n) is 15.6. The molecule has 1 saturated heterocycles. The van der Waals surface area contributed by atoms with Crippen LogP contribution in [0.15, 0.2) is 11.4 Å². The standard InChI is InChI=1S/C36H43N5O4/c1-10-23-19(4)28-15-31-25(16-37)21(6)27(39-31)13-29-20(5)24(11-12-32(42)44-8)35(41-29)33(22(7)36(43)45-9)34-18(3)17(2)26(40-34)14-30(23)38-28/h13-15,20,22,24,38-41H,10-12H2,1-9H3. The number of ether oxygens (including phenoxy) is 2. The lowest BCUT2D eigenvalue weighted by Crippen LogP contribution is -2.21. The summed E-state index contributed by atoms with van der Waals surface area (Å²) in [5, 5.41) is 15.8. The number of H-pyrrole nitrogens is 3. The van der Waals surface area contributed by atoms with Crippen LogP contribution in [0.4, 0.5) is 0 Å². The number of fused-ring (bicyclic) bond motifs is 8. The van der Waals surface area contributed by atoms with E-state index in [-0.39, 0.29) is 30.2 Å². The molecule has 3 aromatic rings. The summed E-state index contributed by atoms with van der Waals surface area (Å²) in [5.74, 6) is -1.37. The highest BCUT2D eigenvalue weighted by molar-refractivity contribution is 5.90. The SMILES string of the molecule is CCc1c(C)c2[nH]c1=Cc1[nH]c(c(C)c1C)C(C(C)C(=O)OC)=C1NC(=Cc3[nH]c(c(C#N)c3C)C=2)C(C)C1CCC(=O)OC. The van der Waals surface area contributed by atoms with Gasteiger partial charge in [0.1, 0.15) is 6.07 Å². The number of esters is 2. The predicted octanol–water partition coefficient (Wildman–Crippen LogP) is 4.68. The normalized spacial score (nSPS) is 17.9. The number of nitriles is 1. The molecule has 236 valence electrons. The molecule has 2 aliphatic rings. The Bertz CT molecular complexity index is 1920. The van der Waals surface area contributed by atoms with Gasteiger partial charge >= 0.3 is 11.9 Å². The third kappa shape index (κ3) is 5.43. The number of rotatable bonds is 6. The van der Waals surface area contributed by atoms with E-state index in [4.69, 9.17) is 9.47 Å². The van der Waals surface area contributed by atoms with Crippen molar-refractivity contribution in [3.05, 3.63) is 78.2 Å². The summed E-state index contributed by atoms with van der Waals surface area (Å²) in [5.41, 5.74) is 11.9. The predicted molar refractivity (Wildman–Crippen MR) is 175 cm³/mol. The molecule has 0 aliphatic carbocycles. The number of hydrogen-bond acceptors (Lipinski definition) is 6. The van der Waals surface area contributed by atoms with E-state index >= 15 is 0 Å². The van der Waals surface area contributed by atoms with E-state index in [0.29, 0.717) is 12.0 Å². The van der Waals surface area contributed by atoms with E-state index in [2.05, 4.69) is 73.1 Å². The van der Waals surface area contributed by atoms with Gasteiger partial charge < -0.3 is 29.7 Å². The zero-order valence-corrected chi connectivity index (χ0v) is 27.7. The Labute approximate surface area is 264 Å². The van der Waals surface area contributed by atoms with Gasteiger partial charge in [-0.1, -0.05) is 13.8 Å². The average Bonchev–Trinajstić information content (AvgIpc) is 3.69. The fourth-order valence-electron chi connectivity index (χ4n) is 6.92. The number of carbonyl (C=O) groups is 2. The van der Waals surface area contributed by atoms with Crippen molar-refractivity contribution < 1.29 is 19.1 Å². The fourth-order valence-corrected chi connectivity index (χ4v) is 6.92. The molecule has 0 saturated carbocycles. The summed E-state index contributed by atoms with van der Waals surface area (Å²) < 4.78 is 10.3. The molecule has 0 spiro atoms. The van der Waals surface area contributed by atoms with Gasteiger partial charge in [0, 0.05) is 63.0 Å². The van der Waals surface area contributed by atoms with Crippen molar-refractivity contribution in [3.8, 4) is 6.07 Å². The van der Waals surface area contributed by atoms with Crippen LogP contribution in [0, 0.1) is 56.8 Å². The molecular weight excluding hydrogens is 566 g/mol. The molecule has 3 unspecified atom stereocenters. The molecule has 9 nitrogen and oxygen atoms in total. The van der Waals surface area contributed by atoms with Crippen molar-refractivity contribution in [1.29, 1.82) is 5.26 Å². The van der Waals surface area contributed by atoms with Crippen molar-refractivity contribution in [3.63, 3.8) is 0 Å². The van der Waals surface area contributed by atoms with E-state index in [9.17, 15) is 14.9 Å². The van der Waals surface area contributed by atoms with Gasteiger partial charge in [-0.2, -0.15) is 5.26 Å². The van der Waals surface area contributed by atoms with Crippen LogP contribution in [0.1, 0.15) is 89.8 Å². The summed E-state index contributed by atoms with van der Waals surface area (Å²) in [6, 6.07) is 2.40. The summed E-state index contributed by atoms with van der Waals surface area (Å²) in [6.07, 6.45) is 7.80. The molecular formula is C36H43N5O4. The molecule has 45 heavy (non-hydrogen) atoms. The molecule has 0 amide bonds. The van der Waals surface area contributed by atoms with Crippen LogP contribution in [0.5, 0.6) is 0 Å². The second kappa shape index (κ2) is 12.4. The first kappa shape index (κ1) is 31.7. The lowest BCUT2D eigenvalue weighted by molar-refractivity contribution is -0.143. The van der Waals surface area contributed by atoms with E-state index < -0.39 is 5.92 Å². The minimum atomic E-state index is -0.600. The van der Waals surface area contributed by atoms with Crippen molar-refractivity contribution in [2.75, 3.05) is 14.2 Å². The van der Waals surface area contributed by atoms with Gasteiger partial charge in [-0.3, -0.25) is 9.59 Å². The Morgan fingerprint density at radius 2 is 1.60 bits per heavy atom. The van der Waals surface area contributed by atoms with Crippen molar-refractivity contribution in [2.24, 2.45) is 17.8 Å². The highest BCUT2D eigenvalue weighted by Crippen LogP contribution is 2.44. The number of nitrogens with zero attached hydrogens (tertiary/aromatic N) is 1. The van der Waals surface area contributed by atoms with Crippen LogP contribution < -0.4 is 16.0 Å². The third-order valence-corrected chi connectivity index (χ3v) is 9.89. The molecule has 5 heterocycles. The highest BCUT2D eigenvalue weighted by atomic mass is 16.5. The van der Waals surface area contributed by atoms with Crippen molar-refractivity contribution in [2.45, 2.75) is 67.7 Å². The van der Waals surface area contributed by atoms with Crippen LogP contribution >= 0.6 is 0 Å². The highest BCUT2D eigenvalue weighted by Gasteiger charge is 2.38. The maximum atomic E-state index is 13.2. The molecule has 2 aliphatic heterocycles. The Kier molecular flexibility index (Phi) is 8.70. The zero-order chi connectivity index (χ0) is 32.7. The summed E-state index contributed by atoms with van der Waals surface area (Å²) >= 11 is 0. The van der Waals surface area contributed by atoms with Gasteiger partial charge in [0.25, 0.3) is 0 Å². The molecule has 4 N–H and O–H groups in total. The number of nitrogens with one attached hydrogen (secondary N) is 4. The molecule has 0 aromatic carbocycles. The Morgan fingerprint density at radius 1 is 0.911 bits per heavy atom. The number of aromatic nitrogens is 3. The first-order chi connectivity index (χ1) is 21.4. The Balaban J connectivity index is 1.91. The smallest absolute Gasteiger partial charge is 0.312 e. The fraction of sp³-hybridized carbons (Fsp3) is 0.417. The zero-order valence-electron chi connectivity index (χ0n) is 27.7. The van der Waals surface area contributed by atoms with E-state index in [1.807, 2.05) is 19.9 Å². The van der Waals surface area contributed by atoms with E-state index in [1.165, 1.54) is 19.8 Å². The number of aromatic amines is 3. The number of methoxy groups -OCH3 is 2. The second-order valence-electron chi connectivity index (χ2n) is 12.2. The van der Waals surface area contributed by atoms with Crippen molar-refractivity contribution >= 4 is 35.7 Å². The average molecular weight is 610 g/mol. The minimum absolute atomic E-state index is 0.0249. The first-order valence-corrected chi connectivity index (χ1v) is 15.6. The lowest BCUT2D eigenvalue weighted by Gasteiger charge is -2.22. The number of allylic oxidation sites excluding steroid dienone is 2. The third-order valence-electron chi connectivity index (χ3n) is 9.89. The monoisotopic (exact) mass is 609 g/mol. The second-order valence-corrected chi connectivity index (χ2v) is 12.2. The van der Waals surface area contributed by atoms with Crippen LogP contribution in [0.25, 0.3) is 23.8 Å². The molecule has 3 atom stereocenters. The molecule has 3 aromatic heterocycles. The minimum Gasteiger partial charge on any atom is -0.469 e. The number of carbonyl (C=O) groups excluding carboxylic acids is 2. The van der Waals surface area contributed by atoms with Crippen LogP contribution in [-0.4, -0.2) is 41.1 Å². The van der Waals surface area contributed by atoms with Crippen LogP contribution in [0.3, 0.4) is 0 Å². The maximum Gasteiger partial charge on any atom is 0.312 e. The molecule has 0 radical (unpaired) electrons. The van der Waals surface area contributed by atoms with Crippen LogP contribution in [-0.2, 0) is 25.5 Å². The van der Waals surface area contributed by atoms with Crippen molar-refractivity contribution in [1.82, 2.24) is 20.3 Å². The van der Waals surface area contributed by atoms with Gasteiger partial charge in [0.15, 0.2) is 0 Å². The van der Waals surface area contributed by atoms with Gasteiger partial charge in [0.2, 0.25) is 0 Å². The number of hydrogen-bond donors (Lipinski definition) is 4.